The van der Waals surface area contributed by atoms with Gasteiger partial charge in [0, 0.05) is 19.3 Å². The fraction of sp³-hybridized carbons (Fsp3) is 0.687. The summed E-state index contributed by atoms with van der Waals surface area (Å²) in [5.41, 5.74) is 0. The van der Waals surface area contributed by atoms with Gasteiger partial charge in [-0.05, 0) is 161 Å². The topological polar surface area (TPSA) is 231 Å². The van der Waals surface area contributed by atoms with Crippen LogP contribution in [0.4, 0.5) is 0 Å². The summed E-state index contributed by atoms with van der Waals surface area (Å²) < 4.78 is 61.5. The molecule has 0 aromatic carbocycles. The van der Waals surface area contributed by atoms with Gasteiger partial charge in [0.2, 0.25) is 0 Å². The Labute approximate surface area is 713 Å². The van der Waals surface area contributed by atoms with E-state index in [4.69, 9.17) is 32.3 Å². The number of hydrogen-bond donors (Lipinski definition) is 4. The number of aliphatic hydroxyl groups excluding tert-OH is 2. The predicted molar refractivity (Wildman–Crippen MR) is 491 cm³/mol. The summed E-state index contributed by atoms with van der Waals surface area (Å²) in [7, 11) is -9.82. The van der Waals surface area contributed by atoms with Crippen molar-refractivity contribution < 1.29 is 75.8 Å². The van der Waals surface area contributed by atoms with Crippen LogP contribution in [0.15, 0.2) is 170 Å². The number of esters is 3. The Bertz CT molecular complexity index is 2810. The van der Waals surface area contributed by atoms with E-state index in [0.717, 1.165) is 173 Å². The third kappa shape index (κ3) is 91.5. The van der Waals surface area contributed by atoms with Crippen LogP contribution in [0.2, 0.25) is 0 Å². The SMILES string of the molecule is CC/C=C\C/C=C\C/C=C\C/C=C\C/C=C\C/C=C\CCCCCCCCCCCCC(=O)OCC(O)COP(=O)(O)OCC(O)COP(=O)(O)OCC(COC(=O)CCCCCCCCCCCCC/C=C\C/C=C\C/C=C\C/C=C\CCCCC)OC(=O)CCCCCCCCCCC/C=C\C/C=C\C/C=C\C/C=C\CCCCC. The third-order valence-corrected chi connectivity index (χ3v) is 21.3. The maximum atomic E-state index is 13.1. The number of ether oxygens (including phenoxy) is 3. The van der Waals surface area contributed by atoms with E-state index in [1.807, 2.05) is 0 Å². The van der Waals surface area contributed by atoms with Crippen molar-refractivity contribution in [1.29, 1.82) is 0 Å². The van der Waals surface area contributed by atoms with Crippen LogP contribution < -0.4 is 0 Å². The molecule has 0 rings (SSSR count). The van der Waals surface area contributed by atoms with Crippen LogP contribution >= 0.6 is 15.6 Å². The maximum absolute atomic E-state index is 13.1. The maximum Gasteiger partial charge on any atom is 0.472 e. The van der Waals surface area contributed by atoms with E-state index >= 15 is 0 Å². The molecular formula is C99H168O16P2. The molecule has 0 aromatic rings. The Hall–Kier alpha value is -5.09. The van der Waals surface area contributed by atoms with Crippen LogP contribution in [0.3, 0.4) is 0 Å². The second kappa shape index (κ2) is 90.2. The molecule has 0 spiro atoms. The highest BCUT2D eigenvalue weighted by molar-refractivity contribution is 7.47. The summed E-state index contributed by atoms with van der Waals surface area (Å²) in [4.78, 5) is 59.1. The molecule has 16 nitrogen and oxygen atoms in total. The Balaban J connectivity index is 4.67. The highest BCUT2D eigenvalue weighted by Crippen LogP contribution is 2.45. The number of allylic oxidation sites excluding steroid dienone is 28. The first-order valence-electron chi connectivity index (χ1n) is 46.4. The van der Waals surface area contributed by atoms with Gasteiger partial charge in [0.15, 0.2) is 6.10 Å². The van der Waals surface area contributed by atoms with Gasteiger partial charge in [0.05, 0.1) is 26.4 Å². The van der Waals surface area contributed by atoms with Crippen molar-refractivity contribution in [2.24, 2.45) is 0 Å². The molecule has 0 fully saturated rings. The van der Waals surface area contributed by atoms with E-state index in [9.17, 15) is 43.5 Å². The van der Waals surface area contributed by atoms with Crippen LogP contribution in [0.5, 0.6) is 0 Å². The van der Waals surface area contributed by atoms with Crippen LogP contribution in [0.1, 0.15) is 380 Å². The molecular weight excluding hydrogens is 1510 g/mol. The minimum absolute atomic E-state index is 0.0927. The summed E-state index contributed by atoms with van der Waals surface area (Å²) in [6.07, 6.45) is 117. The quantitative estimate of drug-likeness (QED) is 0.0146. The van der Waals surface area contributed by atoms with Gasteiger partial charge in [-0.1, -0.05) is 371 Å². The summed E-state index contributed by atoms with van der Waals surface area (Å²) in [5, 5.41) is 20.7. The molecule has 0 saturated carbocycles. The normalized spacial score (nSPS) is 14.6. The largest absolute Gasteiger partial charge is 0.472 e. The molecule has 5 atom stereocenters. The van der Waals surface area contributed by atoms with Crippen molar-refractivity contribution in [3.63, 3.8) is 0 Å². The van der Waals surface area contributed by atoms with Crippen molar-refractivity contribution in [3.05, 3.63) is 170 Å². The van der Waals surface area contributed by atoms with Crippen LogP contribution in [-0.4, -0.2) is 95.9 Å². The number of phosphoric acid groups is 2. The molecule has 0 radical (unpaired) electrons. The van der Waals surface area contributed by atoms with Gasteiger partial charge in [-0.15, -0.1) is 0 Å². The molecule has 117 heavy (non-hydrogen) atoms. The fourth-order valence-electron chi connectivity index (χ4n) is 12.4. The lowest BCUT2D eigenvalue weighted by molar-refractivity contribution is -0.161. The molecule has 0 heterocycles. The molecule has 0 aromatic heterocycles. The van der Waals surface area contributed by atoms with Gasteiger partial charge in [-0.25, -0.2) is 9.13 Å². The average molecular weight is 1680 g/mol. The summed E-state index contributed by atoms with van der Waals surface area (Å²) in [6.45, 7) is 2.54. The summed E-state index contributed by atoms with van der Waals surface area (Å²) >= 11 is 0. The van der Waals surface area contributed by atoms with Gasteiger partial charge in [0.1, 0.15) is 25.4 Å². The first-order valence-corrected chi connectivity index (χ1v) is 49.4. The standard InChI is InChI=1S/C99H168O16P2/c1-4-7-10-13-16-19-22-25-28-31-34-37-40-43-45-46-48-51-52-55-58-61-64-67-70-73-76-79-82-85-97(102)109-88-94(100)89-111-116(105,106)112-90-95(101)91-113-117(107,108)114-93-96(115-99(104)87-84-81-78-75-72-69-66-63-60-57-54-49-42-39-36-33-30-27-24-21-18-15-12-9-6-3)92-110-98(103)86-83-80-77-74-71-68-65-62-59-56-53-50-47-44-41-38-35-32-29-26-23-20-17-14-11-8-5-2/h7,10,16-21,25-30,34-39,43-45,47-49,51,54,94-96,100-101H,4-6,8-9,11-15,22-24,31-33,40-42,46,50,52-53,55-93H2,1-3H3,(H,105,106)(H,107,108)/b10-7-,19-16-,20-17-,21-18-,28-25-,29-26-,30-27-,37-34-,38-35-,39-36-,45-43-,47-44-,51-48-,54-49-. The first kappa shape index (κ1) is 112. The number of carbonyl (C=O) groups is 3. The van der Waals surface area contributed by atoms with Crippen LogP contribution in [0.25, 0.3) is 0 Å². The third-order valence-electron chi connectivity index (χ3n) is 19.4. The van der Waals surface area contributed by atoms with Gasteiger partial charge in [-0.3, -0.25) is 32.5 Å². The van der Waals surface area contributed by atoms with Crippen molar-refractivity contribution in [3.8, 4) is 0 Å². The van der Waals surface area contributed by atoms with Gasteiger partial charge < -0.3 is 34.2 Å². The molecule has 5 unspecified atom stereocenters. The first-order chi connectivity index (χ1) is 57.2. The number of phosphoric ester groups is 2. The molecule has 0 aliphatic carbocycles. The summed E-state index contributed by atoms with van der Waals surface area (Å²) in [6, 6.07) is 0. The minimum Gasteiger partial charge on any atom is -0.463 e. The lowest BCUT2D eigenvalue weighted by Gasteiger charge is -2.21. The van der Waals surface area contributed by atoms with Crippen molar-refractivity contribution in [1.82, 2.24) is 0 Å². The number of carbonyl (C=O) groups excluding carboxylic acids is 3. The molecule has 0 bridgehead atoms. The van der Waals surface area contributed by atoms with Gasteiger partial charge >= 0.3 is 33.6 Å². The highest BCUT2D eigenvalue weighted by Gasteiger charge is 2.29. The Morgan fingerprint density at radius 3 is 0.718 bits per heavy atom. The monoisotopic (exact) mass is 1680 g/mol. The van der Waals surface area contributed by atoms with Gasteiger partial charge in [-0.2, -0.15) is 0 Å². The van der Waals surface area contributed by atoms with E-state index < -0.39 is 91.5 Å². The Morgan fingerprint density at radius 1 is 0.248 bits per heavy atom. The van der Waals surface area contributed by atoms with E-state index in [-0.39, 0.29) is 19.3 Å². The van der Waals surface area contributed by atoms with E-state index in [2.05, 4.69) is 191 Å². The lowest BCUT2D eigenvalue weighted by atomic mass is 10.0. The predicted octanol–water partition coefficient (Wildman–Crippen LogP) is 28.7. The smallest absolute Gasteiger partial charge is 0.463 e. The number of aliphatic hydroxyl groups is 2. The van der Waals surface area contributed by atoms with E-state index in [1.54, 1.807) is 0 Å². The number of hydrogen-bond acceptors (Lipinski definition) is 14. The second-order valence-corrected chi connectivity index (χ2v) is 33.6. The zero-order valence-electron chi connectivity index (χ0n) is 73.8. The molecule has 18 heteroatoms. The molecule has 4 N–H and O–H groups in total. The Morgan fingerprint density at radius 2 is 0.453 bits per heavy atom. The zero-order chi connectivity index (χ0) is 85.1. The van der Waals surface area contributed by atoms with E-state index in [0.29, 0.717) is 19.3 Å². The molecule has 0 aliphatic heterocycles. The molecule has 670 valence electrons. The van der Waals surface area contributed by atoms with Gasteiger partial charge in [0.25, 0.3) is 0 Å². The number of unbranched alkanes of at least 4 members (excludes halogenated alkanes) is 36. The molecule has 0 amide bonds. The molecule has 0 aliphatic rings. The Kier molecular flexibility index (Phi) is 86.2. The average Bonchev–Trinajstić information content (AvgIpc) is 0.904. The zero-order valence-corrected chi connectivity index (χ0v) is 75.6. The lowest BCUT2D eigenvalue weighted by Crippen LogP contribution is -2.30. The van der Waals surface area contributed by atoms with Crippen molar-refractivity contribution >= 4 is 33.6 Å². The summed E-state index contributed by atoms with van der Waals surface area (Å²) in [5.74, 6) is -1.58. The van der Waals surface area contributed by atoms with Crippen molar-refractivity contribution in [2.45, 2.75) is 399 Å². The number of rotatable bonds is 87. The second-order valence-electron chi connectivity index (χ2n) is 30.7. The van der Waals surface area contributed by atoms with Crippen LogP contribution in [-0.2, 0) is 55.8 Å². The van der Waals surface area contributed by atoms with Crippen LogP contribution in [0, 0.1) is 0 Å². The van der Waals surface area contributed by atoms with Crippen molar-refractivity contribution in [2.75, 3.05) is 39.6 Å². The highest BCUT2D eigenvalue weighted by atomic mass is 31.2. The minimum atomic E-state index is -4.95. The molecule has 0 saturated heterocycles. The van der Waals surface area contributed by atoms with E-state index in [1.165, 1.54) is 148 Å². The fourth-order valence-corrected chi connectivity index (χ4v) is 14.0.